The first kappa shape index (κ1) is 13.2. The zero-order valence-corrected chi connectivity index (χ0v) is 13.4. The van der Waals surface area contributed by atoms with Gasteiger partial charge in [-0.15, -0.1) is 0 Å². The number of fused-ring (bicyclic) bond motifs is 2. The lowest BCUT2D eigenvalue weighted by molar-refractivity contribution is 0.352. The third kappa shape index (κ3) is 2.55. The van der Waals surface area contributed by atoms with Crippen LogP contribution in [0.15, 0.2) is 40.9 Å². The topological polar surface area (TPSA) is 21.3 Å². The Labute approximate surface area is 133 Å². The molecule has 2 aliphatic rings. The molecule has 0 saturated heterocycles. The minimum absolute atomic E-state index is 0.488. The molecule has 2 heterocycles. The molecule has 0 saturated carbocycles. The maximum absolute atomic E-state index is 5.85. The predicted molar refractivity (Wildman–Crippen MR) is 89.2 cm³/mol. The molecular weight excluding hydrogens is 326 g/mol. The normalized spacial score (nSPS) is 19.4. The molecule has 21 heavy (non-hydrogen) atoms. The zero-order valence-electron chi connectivity index (χ0n) is 11.9. The van der Waals surface area contributed by atoms with Crippen LogP contribution in [0.1, 0.15) is 23.1 Å². The number of anilines is 1. The molecule has 1 unspecified atom stereocenters. The highest BCUT2D eigenvalue weighted by atomic mass is 79.9. The highest BCUT2D eigenvalue weighted by molar-refractivity contribution is 9.10. The molecule has 0 fully saturated rings. The first-order chi connectivity index (χ1) is 10.3. The van der Waals surface area contributed by atoms with Crippen LogP contribution in [0.4, 0.5) is 5.69 Å². The largest absolute Gasteiger partial charge is 0.493 e. The number of ether oxygens (including phenoxy) is 1. The second-order valence-electron chi connectivity index (χ2n) is 5.89. The molecule has 0 aromatic heterocycles. The summed E-state index contributed by atoms with van der Waals surface area (Å²) in [5.41, 5.74) is 5.40. The van der Waals surface area contributed by atoms with Crippen LogP contribution in [0, 0.1) is 0 Å². The molecule has 0 amide bonds. The van der Waals surface area contributed by atoms with Crippen molar-refractivity contribution in [1.82, 2.24) is 0 Å². The minimum Gasteiger partial charge on any atom is -0.493 e. The van der Waals surface area contributed by atoms with Gasteiger partial charge in [0.15, 0.2) is 0 Å². The van der Waals surface area contributed by atoms with E-state index in [0.29, 0.717) is 6.04 Å². The first-order valence-electron chi connectivity index (χ1n) is 7.58. The fraction of sp³-hybridized carbons (Fsp3) is 0.333. The van der Waals surface area contributed by atoms with E-state index in [2.05, 4.69) is 57.6 Å². The quantitative estimate of drug-likeness (QED) is 0.874. The van der Waals surface area contributed by atoms with Gasteiger partial charge >= 0.3 is 0 Å². The molecule has 0 bridgehead atoms. The average molecular weight is 344 g/mol. The highest BCUT2D eigenvalue weighted by Gasteiger charge is 2.22. The lowest BCUT2D eigenvalue weighted by atomic mass is 9.93. The molecule has 1 N–H and O–H groups in total. The van der Waals surface area contributed by atoms with E-state index < -0.39 is 0 Å². The van der Waals surface area contributed by atoms with Gasteiger partial charge in [-0.25, -0.2) is 0 Å². The summed E-state index contributed by atoms with van der Waals surface area (Å²) in [6.07, 6.45) is 4.39. The Morgan fingerprint density at radius 1 is 1.14 bits per heavy atom. The first-order valence-corrected chi connectivity index (χ1v) is 8.37. The van der Waals surface area contributed by atoms with Crippen LogP contribution < -0.4 is 10.1 Å². The van der Waals surface area contributed by atoms with E-state index in [1.54, 1.807) is 0 Å². The Morgan fingerprint density at radius 3 is 3.00 bits per heavy atom. The molecule has 0 spiro atoms. The van der Waals surface area contributed by atoms with Crippen LogP contribution in [0.3, 0.4) is 0 Å². The van der Waals surface area contributed by atoms with Crippen molar-refractivity contribution in [1.29, 1.82) is 0 Å². The van der Waals surface area contributed by atoms with Crippen molar-refractivity contribution in [2.75, 3.05) is 11.9 Å². The third-order valence-corrected chi connectivity index (χ3v) is 4.89. The molecule has 0 aliphatic carbocycles. The molecule has 0 radical (unpaired) electrons. The van der Waals surface area contributed by atoms with Crippen molar-refractivity contribution in [3.63, 3.8) is 0 Å². The maximum atomic E-state index is 5.85. The van der Waals surface area contributed by atoms with Crippen LogP contribution in [0.5, 0.6) is 5.75 Å². The number of aryl methyl sites for hydroxylation is 1. The summed E-state index contributed by atoms with van der Waals surface area (Å²) >= 11 is 3.63. The van der Waals surface area contributed by atoms with E-state index in [-0.39, 0.29) is 0 Å². The molecule has 2 aromatic carbocycles. The van der Waals surface area contributed by atoms with Crippen molar-refractivity contribution >= 4 is 21.6 Å². The lowest BCUT2D eigenvalue weighted by Crippen LogP contribution is -2.27. The molecule has 108 valence electrons. The smallest absolute Gasteiger partial charge is 0.125 e. The standard InChI is InChI=1S/C18H18BrNO/c19-15-9-13-7-8-21-18(13)14(10-15)11-16-6-5-12-3-1-2-4-17(12)20-16/h1-4,9-10,16,20H,5-8,11H2. The zero-order chi connectivity index (χ0) is 14.2. The fourth-order valence-electron chi connectivity index (χ4n) is 3.42. The van der Waals surface area contributed by atoms with Crippen LogP contribution >= 0.6 is 15.9 Å². The van der Waals surface area contributed by atoms with Gasteiger partial charge in [0, 0.05) is 22.6 Å². The summed E-state index contributed by atoms with van der Waals surface area (Å²) < 4.78 is 7.01. The molecular formula is C18H18BrNO. The van der Waals surface area contributed by atoms with Gasteiger partial charge in [-0.05, 0) is 54.2 Å². The van der Waals surface area contributed by atoms with Crippen molar-refractivity contribution < 1.29 is 4.74 Å². The van der Waals surface area contributed by atoms with Gasteiger partial charge in [-0.1, -0.05) is 34.1 Å². The Bertz CT molecular complexity index is 683. The van der Waals surface area contributed by atoms with E-state index in [1.165, 1.54) is 28.8 Å². The van der Waals surface area contributed by atoms with E-state index >= 15 is 0 Å². The highest BCUT2D eigenvalue weighted by Crippen LogP contribution is 2.35. The Morgan fingerprint density at radius 2 is 2.05 bits per heavy atom. The number of nitrogens with one attached hydrogen (secondary N) is 1. The Hall–Kier alpha value is -1.48. The molecule has 1 atom stereocenters. The number of rotatable bonds is 2. The summed E-state index contributed by atoms with van der Waals surface area (Å²) in [6.45, 7) is 0.819. The Kier molecular flexibility index (Phi) is 3.38. The summed E-state index contributed by atoms with van der Waals surface area (Å²) in [5.74, 6) is 1.12. The number of halogens is 1. The van der Waals surface area contributed by atoms with Gasteiger partial charge in [0.2, 0.25) is 0 Å². The van der Waals surface area contributed by atoms with E-state index in [0.717, 1.165) is 36.1 Å². The summed E-state index contributed by atoms with van der Waals surface area (Å²) in [7, 11) is 0. The lowest BCUT2D eigenvalue weighted by Gasteiger charge is -2.27. The Balaban J connectivity index is 1.58. The van der Waals surface area contributed by atoms with E-state index in [9.17, 15) is 0 Å². The van der Waals surface area contributed by atoms with Gasteiger partial charge in [-0.2, -0.15) is 0 Å². The van der Waals surface area contributed by atoms with Gasteiger partial charge < -0.3 is 10.1 Å². The number of para-hydroxylation sites is 1. The predicted octanol–water partition coefficient (Wildman–Crippen LogP) is 4.35. The van der Waals surface area contributed by atoms with Crippen LogP contribution in [-0.2, 0) is 19.3 Å². The van der Waals surface area contributed by atoms with Gasteiger partial charge in [0.1, 0.15) is 5.75 Å². The van der Waals surface area contributed by atoms with Crippen molar-refractivity contribution in [3.05, 3.63) is 57.6 Å². The second kappa shape index (κ2) is 5.38. The van der Waals surface area contributed by atoms with Crippen molar-refractivity contribution in [3.8, 4) is 5.75 Å². The number of benzene rings is 2. The molecule has 4 rings (SSSR count). The minimum atomic E-state index is 0.488. The van der Waals surface area contributed by atoms with E-state index in [1.807, 2.05) is 0 Å². The summed E-state index contributed by atoms with van der Waals surface area (Å²) in [4.78, 5) is 0. The van der Waals surface area contributed by atoms with Crippen molar-refractivity contribution in [2.45, 2.75) is 31.7 Å². The molecule has 2 aliphatic heterocycles. The second-order valence-corrected chi connectivity index (χ2v) is 6.81. The number of hydrogen-bond donors (Lipinski definition) is 1. The van der Waals surface area contributed by atoms with Crippen molar-refractivity contribution in [2.24, 2.45) is 0 Å². The van der Waals surface area contributed by atoms with Crippen LogP contribution in [0.2, 0.25) is 0 Å². The van der Waals surface area contributed by atoms with Crippen LogP contribution in [0.25, 0.3) is 0 Å². The molecule has 3 heteroatoms. The van der Waals surface area contributed by atoms with E-state index in [4.69, 9.17) is 4.74 Å². The van der Waals surface area contributed by atoms with Crippen LogP contribution in [-0.4, -0.2) is 12.6 Å². The summed E-state index contributed by atoms with van der Waals surface area (Å²) in [5, 5.41) is 3.69. The third-order valence-electron chi connectivity index (χ3n) is 4.43. The average Bonchev–Trinajstić information content (AvgIpc) is 2.95. The van der Waals surface area contributed by atoms with Gasteiger partial charge in [0.05, 0.1) is 6.61 Å². The number of hydrogen-bond acceptors (Lipinski definition) is 2. The molecule has 2 aromatic rings. The molecule has 2 nitrogen and oxygen atoms in total. The van der Waals surface area contributed by atoms with Gasteiger partial charge in [0.25, 0.3) is 0 Å². The fourth-order valence-corrected chi connectivity index (χ4v) is 3.97. The SMILES string of the molecule is Brc1cc2c(c(CC3CCc4ccccc4N3)c1)OCC2. The summed E-state index contributed by atoms with van der Waals surface area (Å²) in [6, 6.07) is 13.5. The van der Waals surface area contributed by atoms with Gasteiger partial charge in [-0.3, -0.25) is 0 Å². The maximum Gasteiger partial charge on any atom is 0.125 e. The monoisotopic (exact) mass is 343 g/mol.